The van der Waals surface area contributed by atoms with Crippen molar-refractivity contribution in [3.8, 4) is 11.4 Å². The van der Waals surface area contributed by atoms with Crippen LogP contribution in [0.3, 0.4) is 0 Å². The van der Waals surface area contributed by atoms with Crippen LogP contribution < -0.4 is 0 Å². The van der Waals surface area contributed by atoms with E-state index in [2.05, 4.69) is 22.8 Å². The van der Waals surface area contributed by atoms with E-state index in [1.165, 1.54) is 34.3 Å². The van der Waals surface area contributed by atoms with Crippen LogP contribution in [0.1, 0.15) is 10.4 Å². The summed E-state index contributed by atoms with van der Waals surface area (Å²) in [6.07, 6.45) is 1.74. The van der Waals surface area contributed by atoms with Crippen LogP contribution in [0.4, 0.5) is 4.39 Å². The van der Waals surface area contributed by atoms with Crippen molar-refractivity contribution >= 4 is 29.0 Å². The summed E-state index contributed by atoms with van der Waals surface area (Å²) in [5.74, 6) is 0.606. The third-order valence-corrected chi connectivity index (χ3v) is 6.19. The zero-order valence-electron chi connectivity index (χ0n) is 15.8. The zero-order valence-corrected chi connectivity index (χ0v) is 17.4. The van der Waals surface area contributed by atoms with Gasteiger partial charge in [0.05, 0.1) is 12.3 Å². The molecule has 5 nitrogen and oxygen atoms in total. The van der Waals surface area contributed by atoms with Gasteiger partial charge in [-0.05, 0) is 48.2 Å². The maximum absolute atomic E-state index is 13.2. The molecule has 0 saturated heterocycles. The Hall–Kier alpha value is -2.45. The molecular weight excluding hydrogens is 395 g/mol. The molecule has 0 aliphatic rings. The first-order valence-electron chi connectivity index (χ1n) is 8.69. The number of carbonyl (C=O) groups excluding carboxylic acids is 1. The van der Waals surface area contributed by atoms with E-state index in [-0.39, 0.29) is 17.5 Å². The molecule has 8 heteroatoms. The van der Waals surface area contributed by atoms with E-state index in [0.29, 0.717) is 24.1 Å². The second kappa shape index (κ2) is 9.16. The highest BCUT2D eigenvalue weighted by Gasteiger charge is 2.17. The van der Waals surface area contributed by atoms with E-state index in [0.717, 1.165) is 5.56 Å². The Labute approximate surface area is 171 Å². The average Bonchev–Trinajstić information content (AvgIpc) is 3.27. The van der Waals surface area contributed by atoms with Crippen molar-refractivity contribution in [3.63, 3.8) is 0 Å². The normalized spacial score (nSPS) is 10.8. The number of allylic oxidation sites excluding steroid dienone is 1. The lowest BCUT2D eigenvalue weighted by molar-refractivity contribution is -0.127. The predicted molar refractivity (Wildman–Crippen MR) is 112 cm³/mol. The first-order valence-corrected chi connectivity index (χ1v) is 10.6. The highest BCUT2D eigenvalue weighted by molar-refractivity contribution is 7.99. The largest absolute Gasteiger partial charge is 0.340 e. The molecule has 2 heterocycles. The summed E-state index contributed by atoms with van der Waals surface area (Å²) in [5.41, 5.74) is 1.96. The number of aryl methyl sites for hydroxylation is 1. The van der Waals surface area contributed by atoms with E-state index < -0.39 is 0 Å². The molecule has 1 amide bonds. The first-order chi connectivity index (χ1) is 13.5. The minimum atomic E-state index is -0.303. The molecule has 28 heavy (non-hydrogen) atoms. The Morgan fingerprint density at radius 3 is 2.71 bits per heavy atom. The summed E-state index contributed by atoms with van der Waals surface area (Å²) in [4.78, 5) is 15.4. The monoisotopic (exact) mass is 416 g/mol. The molecule has 0 aliphatic carbocycles. The van der Waals surface area contributed by atoms with Crippen molar-refractivity contribution in [1.82, 2.24) is 19.7 Å². The van der Waals surface area contributed by atoms with Crippen LogP contribution in [-0.2, 0) is 17.9 Å². The highest BCUT2D eigenvalue weighted by atomic mass is 32.2. The molecule has 0 N–H and O–H groups in total. The van der Waals surface area contributed by atoms with E-state index >= 15 is 0 Å². The van der Waals surface area contributed by atoms with Crippen molar-refractivity contribution < 1.29 is 9.18 Å². The minimum absolute atomic E-state index is 0.0225. The summed E-state index contributed by atoms with van der Waals surface area (Å²) in [6, 6.07) is 8.16. The number of thioether (sulfide) groups is 1. The molecule has 146 valence electrons. The number of nitrogens with zero attached hydrogens (tertiary/aromatic N) is 4. The minimum Gasteiger partial charge on any atom is -0.340 e. The Bertz CT molecular complexity index is 965. The number of hydrogen-bond acceptors (Lipinski definition) is 5. The Kier molecular flexibility index (Phi) is 6.64. The van der Waals surface area contributed by atoms with Crippen molar-refractivity contribution in [2.24, 2.45) is 0 Å². The van der Waals surface area contributed by atoms with E-state index in [1.54, 1.807) is 41.5 Å². The standard InChI is InChI=1S/C20H21FN4OS2/c1-4-10-25-19(15-5-7-16(21)8-6-15)22-23-20(25)28-13-18(26)24(3)12-17-14(2)9-11-27-17/h4-9,11H,1,10,12-13H2,2-3H3. The van der Waals surface area contributed by atoms with Crippen LogP contribution in [0.5, 0.6) is 0 Å². The number of amides is 1. The third kappa shape index (κ3) is 4.69. The van der Waals surface area contributed by atoms with Crippen LogP contribution in [-0.4, -0.2) is 38.4 Å². The van der Waals surface area contributed by atoms with Crippen LogP contribution in [0.2, 0.25) is 0 Å². The van der Waals surface area contributed by atoms with Crippen molar-refractivity contribution in [3.05, 3.63) is 64.6 Å². The van der Waals surface area contributed by atoms with E-state index in [1.807, 2.05) is 16.9 Å². The first kappa shape index (κ1) is 20.3. The van der Waals surface area contributed by atoms with Crippen molar-refractivity contribution in [2.75, 3.05) is 12.8 Å². The summed E-state index contributed by atoms with van der Waals surface area (Å²) < 4.78 is 15.1. The smallest absolute Gasteiger partial charge is 0.233 e. The molecule has 0 atom stereocenters. The molecule has 3 aromatic rings. The number of benzene rings is 1. The van der Waals surface area contributed by atoms with Crippen LogP contribution >= 0.6 is 23.1 Å². The van der Waals surface area contributed by atoms with Gasteiger partial charge in [-0.2, -0.15) is 0 Å². The van der Waals surface area contributed by atoms with Gasteiger partial charge in [0.15, 0.2) is 11.0 Å². The average molecular weight is 417 g/mol. The summed E-state index contributed by atoms with van der Waals surface area (Å²) in [6.45, 7) is 6.93. The molecule has 2 aromatic heterocycles. The number of hydrogen-bond donors (Lipinski definition) is 0. The molecule has 1 aromatic carbocycles. The maximum atomic E-state index is 13.2. The lowest BCUT2D eigenvalue weighted by Gasteiger charge is -2.16. The highest BCUT2D eigenvalue weighted by Crippen LogP contribution is 2.25. The Morgan fingerprint density at radius 1 is 1.32 bits per heavy atom. The topological polar surface area (TPSA) is 51.0 Å². The van der Waals surface area contributed by atoms with Crippen LogP contribution in [0, 0.1) is 12.7 Å². The molecule has 3 rings (SSSR count). The second-order valence-corrected chi connectivity index (χ2v) is 8.22. The van der Waals surface area contributed by atoms with Gasteiger partial charge < -0.3 is 4.90 Å². The summed E-state index contributed by atoms with van der Waals surface area (Å²) in [5, 5.41) is 11.1. The lowest BCUT2D eigenvalue weighted by atomic mass is 10.2. The Morgan fingerprint density at radius 2 is 2.07 bits per heavy atom. The van der Waals surface area contributed by atoms with Crippen LogP contribution in [0.15, 0.2) is 53.5 Å². The molecule has 0 unspecified atom stereocenters. The molecule has 0 aliphatic heterocycles. The van der Waals surface area contributed by atoms with Gasteiger partial charge in [0, 0.05) is 24.0 Å². The molecular formula is C20H21FN4OS2. The fourth-order valence-electron chi connectivity index (χ4n) is 2.61. The number of aromatic nitrogens is 3. The third-order valence-electron chi connectivity index (χ3n) is 4.23. The van der Waals surface area contributed by atoms with Crippen molar-refractivity contribution in [2.45, 2.75) is 25.2 Å². The van der Waals surface area contributed by atoms with E-state index in [4.69, 9.17) is 0 Å². The molecule has 0 fully saturated rings. The molecule has 0 radical (unpaired) electrons. The fourth-order valence-corrected chi connectivity index (χ4v) is 4.45. The quantitative estimate of drug-likeness (QED) is 0.404. The van der Waals surface area contributed by atoms with Crippen molar-refractivity contribution in [1.29, 1.82) is 0 Å². The van der Waals surface area contributed by atoms with Gasteiger partial charge in [0.25, 0.3) is 0 Å². The fraction of sp³-hybridized carbons (Fsp3) is 0.250. The summed E-state index contributed by atoms with van der Waals surface area (Å²) in [7, 11) is 1.81. The lowest BCUT2D eigenvalue weighted by Crippen LogP contribution is -2.27. The summed E-state index contributed by atoms with van der Waals surface area (Å²) >= 11 is 2.99. The van der Waals surface area contributed by atoms with Gasteiger partial charge in [-0.1, -0.05) is 17.8 Å². The van der Waals surface area contributed by atoms with Gasteiger partial charge in [-0.15, -0.1) is 28.1 Å². The second-order valence-electron chi connectivity index (χ2n) is 6.28. The zero-order chi connectivity index (χ0) is 20.1. The number of thiophene rings is 1. The predicted octanol–water partition coefficient (Wildman–Crippen LogP) is 4.39. The van der Waals surface area contributed by atoms with Gasteiger partial charge >= 0.3 is 0 Å². The number of carbonyl (C=O) groups is 1. The number of halogens is 1. The molecule has 0 saturated carbocycles. The molecule has 0 bridgehead atoms. The SMILES string of the molecule is C=CCn1c(SCC(=O)N(C)Cc2sccc2C)nnc1-c1ccc(F)cc1. The van der Waals surface area contributed by atoms with Gasteiger partial charge in [0.1, 0.15) is 5.82 Å². The maximum Gasteiger partial charge on any atom is 0.233 e. The molecule has 0 spiro atoms. The van der Waals surface area contributed by atoms with Crippen LogP contribution in [0.25, 0.3) is 11.4 Å². The van der Waals surface area contributed by atoms with E-state index in [9.17, 15) is 9.18 Å². The van der Waals surface area contributed by atoms with Gasteiger partial charge in [-0.25, -0.2) is 4.39 Å². The number of rotatable bonds is 8. The van der Waals surface area contributed by atoms with Gasteiger partial charge in [0.2, 0.25) is 5.91 Å². The van der Waals surface area contributed by atoms with Gasteiger partial charge in [-0.3, -0.25) is 9.36 Å². The Balaban J connectivity index is 1.69.